The maximum Gasteiger partial charge on any atom is 0.227 e. The van der Waals surface area contributed by atoms with Crippen molar-refractivity contribution in [2.45, 2.75) is 25.8 Å². The lowest BCUT2D eigenvalue weighted by Gasteiger charge is -2.22. The Bertz CT molecular complexity index is 1070. The molecule has 5 heterocycles. The number of aromatic nitrogens is 6. The van der Waals surface area contributed by atoms with Crippen molar-refractivity contribution in [2.24, 2.45) is 0 Å². The molecule has 5 rings (SSSR count). The number of aromatic amines is 1. The molecular formula is C18H18N8OS. The van der Waals surface area contributed by atoms with Gasteiger partial charge in [0.05, 0.1) is 6.04 Å². The first-order valence-corrected chi connectivity index (χ1v) is 9.89. The van der Waals surface area contributed by atoms with Crippen LogP contribution in [-0.2, 0) is 0 Å². The van der Waals surface area contributed by atoms with E-state index in [0.29, 0.717) is 11.8 Å². The molecule has 10 heteroatoms. The molecular weight excluding hydrogens is 376 g/mol. The summed E-state index contributed by atoms with van der Waals surface area (Å²) in [5.41, 5.74) is 1.75. The first-order chi connectivity index (χ1) is 13.8. The van der Waals surface area contributed by atoms with Gasteiger partial charge < -0.3 is 14.7 Å². The molecule has 1 saturated heterocycles. The molecule has 0 unspecified atom stereocenters. The number of nitrogens with zero attached hydrogens (tertiary/aromatic N) is 6. The third-order valence-electron chi connectivity index (χ3n) is 4.62. The minimum absolute atomic E-state index is 0.0593. The fraction of sp³-hybridized carbons (Fsp3) is 0.278. The van der Waals surface area contributed by atoms with Crippen molar-refractivity contribution in [3.05, 3.63) is 47.4 Å². The Labute approximate surface area is 164 Å². The highest BCUT2D eigenvalue weighted by atomic mass is 32.1. The van der Waals surface area contributed by atoms with Crippen LogP contribution in [0, 0.1) is 6.92 Å². The van der Waals surface area contributed by atoms with Crippen LogP contribution in [0.2, 0.25) is 0 Å². The highest BCUT2D eigenvalue weighted by molar-refractivity contribution is 7.13. The van der Waals surface area contributed by atoms with E-state index < -0.39 is 0 Å². The Kier molecular flexibility index (Phi) is 4.24. The van der Waals surface area contributed by atoms with E-state index in [2.05, 4.69) is 40.5 Å². The van der Waals surface area contributed by atoms with Crippen molar-refractivity contribution in [1.29, 1.82) is 0 Å². The second-order valence-electron chi connectivity index (χ2n) is 6.61. The van der Waals surface area contributed by atoms with E-state index in [1.807, 2.05) is 30.5 Å². The summed E-state index contributed by atoms with van der Waals surface area (Å²) in [5, 5.41) is 17.3. The summed E-state index contributed by atoms with van der Waals surface area (Å²) in [6.07, 6.45) is 5.52. The Hall–Kier alpha value is -3.27. The van der Waals surface area contributed by atoms with Crippen molar-refractivity contribution in [2.75, 3.05) is 16.8 Å². The van der Waals surface area contributed by atoms with Gasteiger partial charge in [0.1, 0.15) is 16.5 Å². The van der Waals surface area contributed by atoms with Gasteiger partial charge in [-0.05, 0) is 25.8 Å². The molecule has 1 aliphatic heterocycles. The van der Waals surface area contributed by atoms with Crippen molar-refractivity contribution in [1.82, 2.24) is 30.3 Å². The van der Waals surface area contributed by atoms with Crippen LogP contribution in [0.5, 0.6) is 0 Å². The van der Waals surface area contributed by atoms with E-state index in [9.17, 15) is 0 Å². The molecule has 28 heavy (non-hydrogen) atoms. The topological polar surface area (TPSA) is 109 Å². The normalized spacial score (nSPS) is 16.6. The van der Waals surface area contributed by atoms with Gasteiger partial charge in [0, 0.05) is 42.1 Å². The Balaban J connectivity index is 1.39. The second-order valence-corrected chi connectivity index (χ2v) is 7.50. The minimum atomic E-state index is 0.0593. The molecule has 4 aromatic heterocycles. The van der Waals surface area contributed by atoms with Crippen LogP contribution < -0.4 is 10.2 Å². The number of anilines is 3. The highest BCUT2D eigenvalue weighted by Crippen LogP contribution is 2.36. The minimum Gasteiger partial charge on any atom is -0.358 e. The van der Waals surface area contributed by atoms with E-state index >= 15 is 0 Å². The maximum absolute atomic E-state index is 5.64. The monoisotopic (exact) mass is 394 g/mol. The summed E-state index contributed by atoms with van der Waals surface area (Å²) in [6.45, 7) is 2.82. The molecule has 142 valence electrons. The van der Waals surface area contributed by atoms with Gasteiger partial charge >= 0.3 is 0 Å². The number of hydrogen-bond acceptors (Lipinski definition) is 9. The summed E-state index contributed by atoms with van der Waals surface area (Å²) < 4.78 is 5.64. The van der Waals surface area contributed by atoms with Crippen molar-refractivity contribution in [3.8, 4) is 10.7 Å². The summed E-state index contributed by atoms with van der Waals surface area (Å²) >= 11 is 1.54. The van der Waals surface area contributed by atoms with Crippen LogP contribution >= 0.6 is 11.3 Å². The molecule has 1 aliphatic rings. The summed E-state index contributed by atoms with van der Waals surface area (Å²) in [4.78, 5) is 15.6. The van der Waals surface area contributed by atoms with Crippen LogP contribution in [0.1, 0.15) is 30.3 Å². The summed E-state index contributed by atoms with van der Waals surface area (Å²) in [7, 11) is 0. The van der Waals surface area contributed by atoms with E-state index in [4.69, 9.17) is 4.52 Å². The molecule has 0 radical (unpaired) electrons. The quantitative estimate of drug-likeness (QED) is 0.527. The average Bonchev–Trinajstić information content (AvgIpc) is 3.48. The molecule has 0 saturated carbocycles. The predicted octanol–water partition coefficient (Wildman–Crippen LogP) is 3.70. The fourth-order valence-corrected chi connectivity index (χ4v) is 3.96. The Morgan fingerprint density at radius 3 is 3.04 bits per heavy atom. The van der Waals surface area contributed by atoms with Gasteiger partial charge in [0.2, 0.25) is 5.95 Å². The van der Waals surface area contributed by atoms with Crippen molar-refractivity contribution < 1.29 is 4.52 Å². The van der Waals surface area contributed by atoms with Crippen LogP contribution in [0.25, 0.3) is 10.7 Å². The molecule has 1 atom stereocenters. The third-order valence-corrected chi connectivity index (χ3v) is 5.42. The van der Waals surface area contributed by atoms with Crippen LogP contribution in [0.15, 0.2) is 40.5 Å². The largest absolute Gasteiger partial charge is 0.358 e. The van der Waals surface area contributed by atoms with Crippen LogP contribution in [0.4, 0.5) is 17.6 Å². The number of rotatable bonds is 5. The molecule has 0 amide bonds. The second kappa shape index (κ2) is 7.04. The van der Waals surface area contributed by atoms with Crippen molar-refractivity contribution >= 4 is 28.9 Å². The van der Waals surface area contributed by atoms with E-state index in [-0.39, 0.29) is 6.04 Å². The van der Waals surface area contributed by atoms with Crippen LogP contribution in [0.3, 0.4) is 0 Å². The molecule has 0 bridgehead atoms. The van der Waals surface area contributed by atoms with Gasteiger partial charge in [-0.15, -0.1) is 11.3 Å². The number of nitrogens with one attached hydrogen (secondary N) is 2. The van der Waals surface area contributed by atoms with E-state index in [1.165, 1.54) is 0 Å². The zero-order valence-corrected chi connectivity index (χ0v) is 16.0. The molecule has 2 N–H and O–H groups in total. The first kappa shape index (κ1) is 16.9. The number of thiazole rings is 1. The van der Waals surface area contributed by atoms with Crippen molar-refractivity contribution in [3.63, 3.8) is 0 Å². The van der Waals surface area contributed by atoms with Gasteiger partial charge in [0.25, 0.3) is 0 Å². The lowest BCUT2D eigenvalue weighted by molar-refractivity contribution is 0.362. The maximum atomic E-state index is 5.64. The Morgan fingerprint density at radius 1 is 1.25 bits per heavy atom. The first-order valence-electron chi connectivity index (χ1n) is 9.01. The lowest BCUT2D eigenvalue weighted by Crippen LogP contribution is -2.24. The van der Waals surface area contributed by atoms with E-state index in [0.717, 1.165) is 47.4 Å². The third kappa shape index (κ3) is 3.22. The molecule has 9 nitrogen and oxygen atoms in total. The molecule has 0 spiro atoms. The molecule has 4 aromatic rings. The van der Waals surface area contributed by atoms with Gasteiger partial charge in [-0.2, -0.15) is 10.1 Å². The Morgan fingerprint density at radius 2 is 2.21 bits per heavy atom. The van der Waals surface area contributed by atoms with E-state index in [1.54, 1.807) is 23.7 Å². The number of H-pyrrole nitrogens is 1. The molecule has 1 fully saturated rings. The SMILES string of the molecule is Cc1cc(Nc2ccnc(N3CCC[C@H]3c3cc(-c4nccs4)no3)n2)n[nH]1. The average molecular weight is 394 g/mol. The smallest absolute Gasteiger partial charge is 0.227 e. The van der Waals surface area contributed by atoms with Gasteiger partial charge in [-0.1, -0.05) is 5.16 Å². The number of aryl methyl sites for hydroxylation is 1. The fourth-order valence-electron chi connectivity index (χ4n) is 3.37. The molecule has 0 aliphatic carbocycles. The lowest BCUT2D eigenvalue weighted by atomic mass is 10.1. The van der Waals surface area contributed by atoms with Crippen LogP contribution in [-0.4, -0.2) is 36.9 Å². The zero-order valence-electron chi connectivity index (χ0n) is 15.2. The predicted molar refractivity (Wildman–Crippen MR) is 106 cm³/mol. The summed E-state index contributed by atoms with van der Waals surface area (Å²) in [5.74, 6) is 2.89. The standard InChI is InChI=1S/C18H18N8OS/c1-11-9-16(24-23-11)21-15-4-5-20-18(22-15)26-7-2-3-13(26)14-10-12(25-27-14)17-19-6-8-28-17/h4-6,8-10,13H,2-3,7H2,1H3,(H2,20,21,22,23,24)/t13-/m0/s1. The summed E-state index contributed by atoms with van der Waals surface area (Å²) in [6, 6.07) is 5.78. The zero-order chi connectivity index (χ0) is 18.9. The number of hydrogen-bond donors (Lipinski definition) is 2. The highest BCUT2D eigenvalue weighted by Gasteiger charge is 2.31. The van der Waals surface area contributed by atoms with Gasteiger partial charge in [0.15, 0.2) is 11.6 Å². The van der Waals surface area contributed by atoms with Gasteiger partial charge in [-0.3, -0.25) is 5.10 Å². The van der Waals surface area contributed by atoms with Gasteiger partial charge in [-0.25, -0.2) is 9.97 Å². The molecule has 0 aromatic carbocycles.